The van der Waals surface area contributed by atoms with Gasteiger partial charge in [0.1, 0.15) is 5.69 Å². The largest absolute Gasteiger partial charge is 0.335 e. The molecule has 0 spiro atoms. The molecule has 5 rings (SSSR count). The average molecular weight is 382 g/mol. The number of carbonyl (C=O) groups excluding carboxylic acids is 1. The molecule has 2 fully saturated rings. The molecule has 144 valence electrons. The highest BCUT2D eigenvalue weighted by molar-refractivity contribution is 5.92. The first-order valence-corrected chi connectivity index (χ1v) is 9.40. The van der Waals surface area contributed by atoms with Gasteiger partial charge in [0.25, 0.3) is 11.8 Å². The fourth-order valence-electron chi connectivity index (χ4n) is 3.59. The van der Waals surface area contributed by atoms with Gasteiger partial charge >= 0.3 is 0 Å². The molecule has 0 aromatic carbocycles. The molecule has 1 aliphatic heterocycles. The molecule has 3 aromatic heterocycles. The second kappa shape index (κ2) is 6.50. The SMILES string of the molecule is O=C(c1cc(C2CC2)[nH]n1)N1CCCC(F)(c2nc(-c3cccnc3)no2)C1. The predicted octanol–water partition coefficient (Wildman–Crippen LogP) is 2.83. The molecule has 8 nitrogen and oxygen atoms in total. The third-order valence-corrected chi connectivity index (χ3v) is 5.29. The summed E-state index contributed by atoms with van der Waals surface area (Å²) in [6.07, 6.45) is 6.18. The molecule has 3 aromatic rings. The fourth-order valence-corrected chi connectivity index (χ4v) is 3.59. The zero-order chi connectivity index (χ0) is 19.1. The van der Waals surface area contributed by atoms with E-state index in [0.29, 0.717) is 30.1 Å². The number of piperidine rings is 1. The molecular formula is C19H19FN6O2. The minimum atomic E-state index is -1.88. The van der Waals surface area contributed by atoms with Crippen molar-refractivity contribution in [3.05, 3.63) is 47.9 Å². The Hall–Kier alpha value is -3.10. The molecule has 1 aliphatic carbocycles. The van der Waals surface area contributed by atoms with E-state index in [1.807, 2.05) is 0 Å². The van der Waals surface area contributed by atoms with Crippen LogP contribution < -0.4 is 0 Å². The third-order valence-electron chi connectivity index (χ3n) is 5.29. The van der Waals surface area contributed by atoms with E-state index in [2.05, 4.69) is 25.3 Å². The van der Waals surface area contributed by atoms with E-state index in [-0.39, 0.29) is 30.6 Å². The van der Waals surface area contributed by atoms with Crippen molar-refractivity contribution in [3.8, 4) is 11.4 Å². The molecule has 1 unspecified atom stereocenters. The van der Waals surface area contributed by atoms with Crippen molar-refractivity contribution in [1.29, 1.82) is 0 Å². The number of aromatic amines is 1. The van der Waals surface area contributed by atoms with Crippen LogP contribution in [0, 0.1) is 0 Å². The summed E-state index contributed by atoms with van der Waals surface area (Å²) in [6, 6.07) is 5.30. The Morgan fingerprint density at radius 2 is 2.29 bits per heavy atom. The van der Waals surface area contributed by atoms with E-state index in [4.69, 9.17) is 4.52 Å². The van der Waals surface area contributed by atoms with Crippen LogP contribution in [-0.2, 0) is 5.67 Å². The monoisotopic (exact) mass is 382 g/mol. The Morgan fingerprint density at radius 1 is 1.39 bits per heavy atom. The van der Waals surface area contributed by atoms with E-state index in [1.165, 1.54) is 4.90 Å². The highest BCUT2D eigenvalue weighted by Crippen LogP contribution is 2.39. The van der Waals surface area contributed by atoms with Gasteiger partial charge in [-0.05, 0) is 43.9 Å². The van der Waals surface area contributed by atoms with Crippen LogP contribution in [0.3, 0.4) is 0 Å². The van der Waals surface area contributed by atoms with E-state index in [0.717, 1.165) is 18.5 Å². The minimum Gasteiger partial charge on any atom is -0.335 e. The second-order valence-electron chi connectivity index (χ2n) is 7.44. The fraction of sp³-hybridized carbons (Fsp3) is 0.421. The van der Waals surface area contributed by atoms with Crippen LogP contribution in [0.1, 0.15) is 53.7 Å². The van der Waals surface area contributed by atoms with E-state index in [9.17, 15) is 4.79 Å². The molecule has 0 radical (unpaired) electrons. The lowest BCUT2D eigenvalue weighted by atomic mass is 9.94. The molecule has 9 heteroatoms. The number of rotatable bonds is 4. The number of pyridine rings is 1. The van der Waals surface area contributed by atoms with Gasteiger partial charge in [-0.3, -0.25) is 14.9 Å². The van der Waals surface area contributed by atoms with Crippen LogP contribution in [-0.4, -0.2) is 49.2 Å². The van der Waals surface area contributed by atoms with E-state index < -0.39 is 5.67 Å². The quantitative estimate of drug-likeness (QED) is 0.745. The maximum Gasteiger partial charge on any atom is 0.274 e. The van der Waals surface area contributed by atoms with Crippen LogP contribution in [0.15, 0.2) is 35.1 Å². The van der Waals surface area contributed by atoms with Gasteiger partial charge in [0, 0.05) is 36.1 Å². The minimum absolute atomic E-state index is 0.107. The standard InChI is InChI=1S/C19H19FN6O2/c20-19(18-22-16(25-28-18)13-3-1-7-21-10-13)6-2-8-26(11-19)17(27)15-9-14(23-24-15)12-4-5-12/h1,3,7,9-10,12H,2,4-6,8,11H2,(H,23,24). The lowest BCUT2D eigenvalue weighted by molar-refractivity contribution is 0.0149. The van der Waals surface area contributed by atoms with Gasteiger partial charge in [0.15, 0.2) is 0 Å². The van der Waals surface area contributed by atoms with Crippen molar-refractivity contribution in [2.24, 2.45) is 0 Å². The number of likely N-dealkylation sites (tertiary alicyclic amines) is 1. The lowest BCUT2D eigenvalue weighted by Crippen LogP contribution is -2.46. The third kappa shape index (κ3) is 3.06. The number of hydrogen-bond acceptors (Lipinski definition) is 6. The van der Waals surface area contributed by atoms with Crippen molar-refractivity contribution in [2.45, 2.75) is 37.3 Å². The van der Waals surface area contributed by atoms with Gasteiger partial charge < -0.3 is 9.42 Å². The Bertz CT molecular complexity index is 999. The summed E-state index contributed by atoms with van der Waals surface area (Å²) >= 11 is 0. The highest BCUT2D eigenvalue weighted by atomic mass is 19.1. The number of carbonyl (C=O) groups is 1. The number of aromatic nitrogens is 5. The maximum absolute atomic E-state index is 15.7. The van der Waals surface area contributed by atoms with E-state index in [1.54, 1.807) is 30.6 Å². The van der Waals surface area contributed by atoms with Crippen LogP contribution in [0.25, 0.3) is 11.4 Å². The molecule has 0 bridgehead atoms. The van der Waals surface area contributed by atoms with Crippen LogP contribution in [0.5, 0.6) is 0 Å². The summed E-state index contributed by atoms with van der Waals surface area (Å²) in [5.74, 6) is 0.367. The van der Waals surface area contributed by atoms with Crippen molar-refractivity contribution in [3.63, 3.8) is 0 Å². The highest BCUT2D eigenvalue weighted by Gasteiger charge is 2.44. The summed E-state index contributed by atoms with van der Waals surface area (Å²) in [6.45, 7) is 0.339. The zero-order valence-electron chi connectivity index (χ0n) is 15.1. The first-order chi connectivity index (χ1) is 13.6. The molecule has 1 N–H and O–H groups in total. The van der Waals surface area contributed by atoms with E-state index >= 15 is 4.39 Å². The molecule has 1 saturated carbocycles. The molecule has 2 aliphatic rings. The summed E-state index contributed by atoms with van der Waals surface area (Å²) < 4.78 is 20.9. The molecule has 1 atom stereocenters. The topological polar surface area (TPSA) is 101 Å². The van der Waals surface area contributed by atoms with Crippen molar-refractivity contribution in [2.75, 3.05) is 13.1 Å². The molecule has 1 amide bonds. The first-order valence-electron chi connectivity index (χ1n) is 9.40. The number of nitrogens with zero attached hydrogens (tertiary/aromatic N) is 5. The lowest BCUT2D eigenvalue weighted by Gasteiger charge is -2.34. The van der Waals surface area contributed by atoms with Crippen molar-refractivity contribution >= 4 is 5.91 Å². The van der Waals surface area contributed by atoms with Crippen LogP contribution >= 0.6 is 0 Å². The number of H-pyrrole nitrogens is 1. The van der Waals surface area contributed by atoms with Gasteiger partial charge in [-0.2, -0.15) is 10.1 Å². The maximum atomic E-state index is 15.7. The molecule has 1 saturated heterocycles. The van der Waals surface area contributed by atoms with Crippen molar-refractivity contribution < 1.29 is 13.7 Å². The van der Waals surface area contributed by atoms with Crippen molar-refractivity contribution in [1.82, 2.24) is 30.2 Å². The molecular weight excluding hydrogens is 363 g/mol. The van der Waals surface area contributed by atoms with Gasteiger partial charge in [0.2, 0.25) is 11.5 Å². The second-order valence-corrected chi connectivity index (χ2v) is 7.44. The summed E-state index contributed by atoms with van der Waals surface area (Å²) in [5.41, 5.74) is 0.0726. The number of alkyl halides is 1. The predicted molar refractivity (Wildman–Crippen MR) is 96.0 cm³/mol. The smallest absolute Gasteiger partial charge is 0.274 e. The van der Waals surface area contributed by atoms with Crippen LogP contribution in [0.2, 0.25) is 0 Å². The van der Waals surface area contributed by atoms with Gasteiger partial charge in [-0.25, -0.2) is 4.39 Å². The number of hydrogen-bond donors (Lipinski definition) is 1. The molecule has 28 heavy (non-hydrogen) atoms. The average Bonchev–Trinajstić information content (AvgIpc) is 3.25. The van der Waals surface area contributed by atoms with Gasteiger partial charge in [0.05, 0.1) is 6.54 Å². The summed E-state index contributed by atoms with van der Waals surface area (Å²) in [5, 5.41) is 10.9. The molecule has 4 heterocycles. The van der Waals surface area contributed by atoms with Gasteiger partial charge in [-0.15, -0.1) is 0 Å². The van der Waals surface area contributed by atoms with Gasteiger partial charge in [-0.1, -0.05) is 5.16 Å². The summed E-state index contributed by atoms with van der Waals surface area (Å²) in [4.78, 5) is 22.5. The Balaban J connectivity index is 1.35. The normalized spacial score (nSPS) is 22.4. The number of amides is 1. The number of halogens is 1. The Morgan fingerprint density at radius 3 is 3.07 bits per heavy atom. The first kappa shape index (κ1) is 17.0. The number of nitrogens with one attached hydrogen (secondary N) is 1. The zero-order valence-corrected chi connectivity index (χ0v) is 15.1. The Kier molecular flexibility index (Phi) is 3.96. The summed E-state index contributed by atoms with van der Waals surface area (Å²) in [7, 11) is 0. The Labute approximate surface area is 160 Å². The van der Waals surface area contributed by atoms with Crippen LogP contribution in [0.4, 0.5) is 4.39 Å².